The highest BCUT2D eigenvalue weighted by atomic mass is 19.1. The second kappa shape index (κ2) is 6.55. The van der Waals surface area contributed by atoms with Crippen molar-refractivity contribution in [2.75, 3.05) is 13.1 Å². The zero-order valence-electron chi connectivity index (χ0n) is 11.8. The van der Waals surface area contributed by atoms with Gasteiger partial charge in [-0.05, 0) is 42.3 Å². The largest absolute Gasteiger partial charge is 0.489 e. The molecule has 108 valence electrons. The lowest BCUT2D eigenvalue weighted by atomic mass is 10.0. The lowest BCUT2D eigenvalue weighted by Crippen LogP contribution is -2.19. The van der Waals surface area contributed by atoms with Crippen molar-refractivity contribution in [1.29, 1.82) is 0 Å². The molecular formula is C18H18FNO. The molecule has 2 aromatic carbocycles. The molecule has 1 N–H and O–H groups in total. The minimum atomic E-state index is -0.228. The van der Waals surface area contributed by atoms with E-state index in [1.165, 1.54) is 17.2 Å². The van der Waals surface area contributed by atoms with Crippen LogP contribution in [0.3, 0.4) is 0 Å². The predicted molar refractivity (Wildman–Crippen MR) is 82.6 cm³/mol. The summed E-state index contributed by atoms with van der Waals surface area (Å²) >= 11 is 0. The molecule has 0 unspecified atom stereocenters. The van der Waals surface area contributed by atoms with Crippen LogP contribution in [0.2, 0.25) is 0 Å². The first-order valence-corrected chi connectivity index (χ1v) is 7.19. The average molecular weight is 283 g/mol. The van der Waals surface area contributed by atoms with Crippen molar-refractivity contribution in [3.05, 3.63) is 71.6 Å². The Labute approximate surface area is 124 Å². The third kappa shape index (κ3) is 3.50. The van der Waals surface area contributed by atoms with Crippen molar-refractivity contribution in [3.8, 4) is 5.75 Å². The van der Waals surface area contributed by atoms with Gasteiger partial charge in [0.15, 0.2) is 0 Å². The monoisotopic (exact) mass is 283 g/mol. The van der Waals surface area contributed by atoms with Crippen molar-refractivity contribution in [2.24, 2.45) is 0 Å². The first kappa shape index (κ1) is 13.8. The number of rotatable bonds is 4. The van der Waals surface area contributed by atoms with Crippen LogP contribution in [0.4, 0.5) is 4.39 Å². The van der Waals surface area contributed by atoms with Gasteiger partial charge >= 0.3 is 0 Å². The van der Waals surface area contributed by atoms with Gasteiger partial charge < -0.3 is 10.1 Å². The van der Waals surface area contributed by atoms with E-state index in [-0.39, 0.29) is 12.4 Å². The number of nitrogens with one attached hydrogen (secondary N) is 1. The maximum Gasteiger partial charge on any atom is 0.129 e. The van der Waals surface area contributed by atoms with Crippen LogP contribution in [0.1, 0.15) is 17.5 Å². The van der Waals surface area contributed by atoms with Crippen LogP contribution < -0.4 is 10.1 Å². The zero-order valence-corrected chi connectivity index (χ0v) is 11.8. The van der Waals surface area contributed by atoms with E-state index in [0.717, 1.165) is 25.3 Å². The fourth-order valence-corrected chi connectivity index (χ4v) is 2.43. The second-order valence-corrected chi connectivity index (χ2v) is 5.09. The first-order chi connectivity index (χ1) is 10.3. The van der Waals surface area contributed by atoms with Crippen LogP contribution in [-0.2, 0) is 6.61 Å². The molecule has 3 rings (SSSR count). The minimum absolute atomic E-state index is 0.228. The van der Waals surface area contributed by atoms with Gasteiger partial charge in [0.2, 0.25) is 0 Å². The van der Waals surface area contributed by atoms with E-state index in [9.17, 15) is 4.39 Å². The van der Waals surface area contributed by atoms with Crippen LogP contribution in [-0.4, -0.2) is 13.1 Å². The van der Waals surface area contributed by atoms with E-state index in [0.29, 0.717) is 5.56 Å². The number of hydrogen-bond acceptors (Lipinski definition) is 2. The summed E-state index contributed by atoms with van der Waals surface area (Å²) < 4.78 is 19.1. The Morgan fingerprint density at radius 3 is 2.57 bits per heavy atom. The Hall–Kier alpha value is -2.13. The Balaban J connectivity index is 1.65. The maximum atomic E-state index is 13.5. The number of ether oxygens (including phenoxy) is 1. The highest BCUT2D eigenvalue weighted by molar-refractivity contribution is 5.67. The zero-order chi connectivity index (χ0) is 14.5. The fraction of sp³-hybridized carbons (Fsp3) is 0.222. The maximum absolute atomic E-state index is 13.5. The molecule has 0 bridgehead atoms. The van der Waals surface area contributed by atoms with Crippen molar-refractivity contribution >= 4 is 5.57 Å². The van der Waals surface area contributed by atoms with Crippen molar-refractivity contribution < 1.29 is 9.13 Å². The second-order valence-electron chi connectivity index (χ2n) is 5.09. The molecular weight excluding hydrogens is 265 g/mol. The van der Waals surface area contributed by atoms with Crippen LogP contribution >= 0.6 is 0 Å². The van der Waals surface area contributed by atoms with Crippen LogP contribution in [0.15, 0.2) is 54.6 Å². The molecule has 3 heteroatoms. The molecule has 0 saturated carbocycles. The molecule has 0 fully saturated rings. The smallest absolute Gasteiger partial charge is 0.129 e. The Kier molecular flexibility index (Phi) is 4.31. The first-order valence-electron chi connectivity index (χ1n) is 7.19. The summed E-state index contributed by atoms with van der Waals surface area (Å²) in [5.74, 6) is 0.533. The summed E-state index contributed by atoms with van der Waals surface area (Å²) in [6.07, 6.45) is 3.27. The van der Waals surface area contributed by atoms with Crippen molar-refractivity contribution in [1.82, 2.24) is 5.32 Å². The molecule has 21 heavy (non-hydrogen) atoms. The molecule has 1 aliphatic rings. The SMILES string of the molecule is Fc1ccccc1COc1ccc(C2=CCNCC2)cc1. The van der Waals surface area contributed by atoms with E-state index in [4.69, 9.17) is 4.74 Å². The Bertz CT molecular complexity index is 634. The summed E-state index contributed by atoms with van der Waals surface area (Å²) in [4.78, 5) is 0. The Morgan fingerprint density at radius 1 is 1.05 bits per heavy atom. The Morgan fingerprint density at radius 2 is 1.86 bits per heavy atom. The molecule has 0 spiro atoms. The van der Waals surface area contributed by atoms with Crippen molar-refractivity contribution in [3.63, 3.8) is 0 Å². The third-order valence-electron chi connectivity index (χ3n) is 3.64. The topological polar surface area (TPSA) is 21.3 Å². The molecule has 0 atom stereocenters. The standard InChI is InChI=1S/C18H18FNO/c19-18-4-2-1-3-16(18)13-21-17-7-5-14(6-8-17)15-9-11-20-12-10-15/h1-9,20H,10-13H2. The van der Waals surface area contributed by atoms with Gasteiger partial charge in [-0.1, -0.05) is 36.4 Å². The van der Waals surface area contributed by atoms with Gasteiger partial charge in [-0.2, -0.15) is 0 Å². The van der Waals surface area contributed by atoms with Crippen molar-refractivity contribution in [2.45, 2.75) is 13.0 Å². The lowest BCUT2D eigenvalue weighted by molar-refractivity contribution is 0.300. The van der Waals surface area contributed by atoms with Crippen LogP contribution in [0, 0.1) is 5.82 Å². The number of halogens is 1. The van der Waals surface area contributed by atoms with E-state index >= 15 is 0 Å². The third-order valence-corrected chi connectivity index (χ3v) is 3.64. The summed E-state index contributed by atoms with van der Waals surface area (Å²) in [5.41, 5.74) is 3.17. The summed E-state index contributed by atoms with van der Waals surface area (Å²) in [6, 6.07) is 14.7. The molecule has 0 aliphatic carbocycles. The van der Waals surface area contributed by atoms with Gasteiger partial charge in [-0.3, -0.25) is 0 Å². The van der Waals surface area contributed by atoms with Crippen LogP contribution in [0.5, 0.6) is 5.75 Å². The highest BCUT2D eigenvalue weighted by Gasteiger charge is 2.06. The highest BCUT2D eigenvalue weighted by Crippen LogP contribution is 2.23. The molecule has 1 aliphatic heterocycles. The van der Waals surface area contributed by atoms with Gasteiger partial charge in [0.05, 0.1) is 0 Å². The number of hydrogen-bond donors (Lipinski definition) is 1. The predicted octanol–water partition coefficient (Wildman–Crippen LogP) is 3.78. The summed E-state index contributed by atoms with van der Waals surface area (Å²) in [7, 11) is 0. The minimum Gasteiger partial charge on any atom is -0.489 e. The molecule has 0 aromatic heterocycles. The molecule has 2 aromatic rings. The van der Waals surface area contributed by atoms with Gasteiger partial charge in [0, 0.05) is 12.1 Å². The van der Waals surface area contributed by atoms with E-state index in [1.807, 2.05) is 18.2 Å². The van der Waals surface area contributed by atoms with Crippen LogP contribution in [0.25, 0.3) is 5.57 Å². The lowest BCUT2D eigenvalue weighted by Gasteiger charge is -2.14. The molecule has 2 nitrogen and oxygen atoms in total. The normalized spacial score (nSPS) is 14.6. The summed E-state index contributed by atoms with van der Waals surface area (Å²) in [5, 5.41) is 3.30. The van der Waals surface area contributed by atoms with E-state index in [1.54, 1.807) is 12.1 Å². The number of benzene rings is 2. The molecule has 0 saturated heterocycles. The summed E-state index contributed by atoms with van der Waals surface area (Å²) in [6.45, 7) is 2.21. The molecule has 1 heterocycles. The molecule has 0 amide bonds. The van der Waals surface area contributed by atoms with Gasteiger partial charge in [-0.15, -0.1) is 0 Å². The van der Waals surface area contributed by atoms with Gasteiger partial charge in [0.1, 0.15) is 18.2 Å². The van der Waals surface area contributed by atoms with Gasteiger partial charge in [0.25, 0.3) is 0 Å². The van der Waals surface area contributed by atoms with E-state index in [2.05, 4.69) is 23.5 Å². The van der Waals surface area contributed by atoms with E-state index < -0.39 is 0 Å². The average Bonchev–Trinajstić information content (AvgIpc) is 2.55. The van der Waals surface area contributed by atoms with Gasteiger partial charge in [-0.25, -0.2) is 4.39 Å². The molecule has 0 radical (unpaired) electrons. The fourth-order valence-electron chi connectivity index (χ4n) is 2.43. The quantitative estimate of drug-likeness (QED) is 0.922.